The summed E-state index contributed by atoms with van der Waals surface area (Å²) in [4.78, 5) is 0.225. The number of aryl methyl sites for hydroxylation is 1. The zero-order valence-corrected chi connectivity index (χ0v) is 19.2. The maximum Gasteiger partial charge on any atom is 0.261 e. The molecule has 0 radical (unpaired) electrons. The maximum absolute atomic E-state index is 13.2. The third kappa shape index (κ3) is 5.88. The fourth-order valence-electron chi connectivity index (χ4n) is 3.43. The Balaban J connectivity index is 1.83. The van der Waals surface area contributed by atoms with Crippen LogP contribution >= 0.6 is 0 Å². The Hall–Kier alpha value is -3.89. The van der Waals surface area contributed by atoms with Crippen molar-refractivity contribution in [3.8, 4) is 0 Å². The number of benzene rings is 4. The predicted molar refractivity (Wildman–Crippen MR) is 137 cm³/mol. The van der Waals surface area contributed by atoms with Gasteiger partial charge < -0.3 is 0 Å². The van der Waals surface area contributed by atoms with Gasteiger partial charge in [-0.15, -0.1) is 0 Å². The molecule has 1 N–H and O–H groups in total. The molecule has 0 aliphatic rings. The lowest BCUT2D eigenvalue weighted by Gasteiger charge is -2.14. The van der Waals surface area contributed by atoms with E-state index < -0.39 is 10.0 Å². The first-order chi connectivity index (χ1) is 16.0. The molecule has 0 atom stereocenters. The van der Waals surface area contributed by atoms with E-state index in [0.717, 1.165) is 27.8 Å². The summed E-state index contributed by atoms with van der Waals surface area (Å²) in [6.45, 7) is 1.93. The monoisotopic (exact) mass is 451 g/mol. The topological polar surface area (TPSA) is 46.2 Å². The lowest BCUT2D eigenvalue weighted by atomic mass is 10.00. The van der Waals surface area contributed by atoms with Crippen LogP contribution in [0.2, 0.25) is 0 Å². The summed E-state index contributed by atoms with van der Waals surface area (Å²) in [5, 5.41) is 0. The molecule has 0 amide bonds. The fourth-order valence-corrected chi connectivity index (χ4v) is 4.51. The van der Waals surface area contributed by atoms with Gasteiger partial charge in [0.15, 0.2) is 0 Å². The van der Waals surface area contributed by atoms with Crippen LogP contribution in [0, 0.1) is 6.92 Å². The van der Waals surface area contributed by atoms with Crippen LogP contribution in [0.5, 0.6) is 0 Å². The molecule has 0 aromatic heterocycles. The molecule has 0 aliphatic carbocycles. The minimum absolute atomic E-state index is 0.225. The second-order valence-electron chi connectivity index (χ2n) is 7.72. The van der Waals surface area contributed by atoms with Crippen molar-refractivity contribution < 1.29 is 8.42 Å². The molecule has 0 heterocycles. The first-order valence-corrected chi connectivity index (χ1v) is 12.2. The summed E-state index contributed by atoms with van der Waals surface area (Å²) >= 11 is 0. The average molecular weight is 452 g/mol. The van der Waals surface area contributed by atoms with Gasteiger partial charge in [-0.1, -0.05) is 109 Å². The van der Waals surface area contributed by atoms with Crippen molar-refractivity contribution in [3.63, 3.8) is 0 Å². The second-order valence-corrected chi connectivity index (χ2v) is 9.40. The van der Waals surface area contributed by atoms with Gasteiger partial charge >= 0.3 is 0 Å². The minimum atomic E-state index is -3.77. The van der Waals surface area contributed by atoms with E-state index in [1.807, 2.05) is 104 Å². The standard InChI is InChI=1S/C29H25NO2S/c1-23-17-19-28(20-18-23)33(31,32)30-29(26-15-9-4-10-16-26)22-27(25-13-7-3-8-14-25)21-24-11-5-2-6-12-24/h2-22,30H,1H3/b27-21-,29-22-. The molecule has 4 heteroatoms. The Labute approximate surface area is 195 Å². The van der Waals surface area contributed by atoms with Gasteiger partial charge in [0.05, 0.1) is 10.6 Å². The number of hydrogen-bond acceptors (Lipinski definition) is 2. The highest BCUT2D eigenvalue weighted by Gasteiger charge is 2.17. The van der Waals surface area contributed by atoms with Crippen LogP contribution in [0.25, 0.3) is 17.3 Å². The predicted octanol–water partition coefficient (Wildman–Crippen LogP) is 6.56. The molecule has 0 aliphatic heterocycles. The quantitative estimate of drug-likeness (QED) is 0.256. The van der Waals surface area contributed by atoms with E-state index in [1.165, 1.54) is 0 Å². The lowest BCUT2D eigenvalue weighted by molar-refractivity contribution is 0.591. The molecule has 0 fully saturated rings. The van der Waals surface area contributed by atoms with Crippen LogP contribution in [0.4, 0.5) is 0 Å². The van der Waals surface area contributed by atoms with Gasteiger partial charge in [-0.25, -0.2) is 8.42 Å². The van der Waals surface area contributed by atoms with Gasteiger partial charge in [0.2, 0.25) is 0 Å². The normalized spacial score (nSPS) is 12.4. The Morgan fingerprint density at radius 1 is 0.667 bits per heavy atom. The lowest BCUT2D eigenvalue weighted by Crippen LogP contribution is -2.22. The van der Waals surface area contributed by atoms with Crippen LogP contribution in [0.15, 0.2) is 126 Å². The van der Waals surface area contributed by atoms with Crippen molar-refractivity contribution in [1.29, 1.82) is 0 Å². The molecule has 0 saturated heterocycles. The van der Waals surface area contributed by atoms with Crippen LogP contribution in [-0.2, 0) is 10.0 Å². The average Bonchev–Trinajstić information content (AvgIpc) is 2.85. The number of sulfonamides is 1. The SMILES string of the molecule is Cc1ccc(S(=O)(=O)N/C(=C\C(=C\c2ccccc2)c2ccccc2)c2ccccc2)cc1. The van der Waals surface area contributed by atoms with E-state index in [1.54, 1.807) is 24.3 Å². The Bertz CT molecular complexity index is 1360. The Morgan fingerprint density at radius 2 is 1.18 bits per heavy atom. The van der Waals surface area contributed by atoms with Gasteiger partial charge in [0.25, 0.3) is 10.0 Å². The molecule has 0 spiro atoms. The first kappa shape index (κ1) is 22.3. The molecular formula is C29H25NO2S. The van der Waals surface area contributed by atoms with E-state index in [-0.39, 0.29) is 4.90 Å². The van der Waals surface area contributed by atoms with Crippen LogP contribution in [0.3, 0.4) is 0 Å². The number of hydrogen-bond donors (Lipinski definition) is 1. The third-order valence-corrected chi connectivity index (χ3v) is 6.57. The summed E-state index contributed by atoms with van der Waals surface area (Å²) in [5.41, 5.74) is 5.20. The molecule has 4 aromatic carbocycles. The van der Waals surface area contributed by atoms with Crippen LogP contribution in [-0.4, -0.2) is 8.42 Å². The third-order valence-electron chi connectivity index (χ3n) is 5.19. The van der Waals surface area contributed by atoms with Crippen molar-refractivity contribution in [2.75, 3.05) is 0 Å². The molecule has 0 unspecified atom stereocenters. The summed E-state index contributed by atoms with van der Waals surface area (Å²) in [5.74, 6) is 0. The zero-order valence-electron chi connectivity index (χ0n) is 18.3. The summed E-state index contributed by atoms with van der Waals surface area (Å²) < 4.78 is 29.3. The van der Waals surface area contributed by atoms with E-state index in [4.69, 9.17) is 0 Å². The number of nitrogens with one attached hydrogen (secondary N) is 1. The molecule has 164 valence electrons. The van der Waals surface area contributed by atoms with Crippen LogP contribution in [0.1, 0.15) is 22.3 Å². The van der Waals surface area contributed by atoms with Crippen molar-refractivity contribution >= 4 is 27.4 Å². The largest absolute Gasteiger partial charge is 0.279 e. The fraction of sp³-hybridized carbons (Fsp3) is 0.0345. The maximum atomic E-state index is 13.2. The molecule has 4 rings (SSSR count). The van der Waals surface area contributed by atoms with Gasteiger partial charge in [-0.3, -0.25) is 4.72 Å². The molecule has 0 bridgehead atoms. The second kappa shape index (κ2) is 10.2. The molecule has 33 heavy (non-hydrogen) atoms. The van der Waals surface area contributed by atoms with Gasteiger partial charge in [0, 0.05) is 0 Å². The van der Waals surface area contributed by atoms with Crippen LogP contribution < -0.4 is 4.72 Å². The van der Waals surface area contributed by atoms with Gasteiger partial charge in [-0.2, -0.15) is 0 Å². The highest BCUT2D eigenvalue weighted by molar-refractivity contribution is 7.89. The number of rotatable bonds is 7. The van der Waals surface area contributed by atoms with Crippen molar-refractivity contribution in [2.24, 2.45) is 0 Å². The summed E-state index contributed by atoms with van der Waals surface area (Å²) in [6.07, 6.45) is 3.95. The highest BCUT2D eigenvalue weighted by atomic mass is 32.2. The number of allylic oxidation sites excluding steroid dienone is 2. The molecule has 0 saturated carbocycles. The van der Waals surface area contributed by atoms with E-state index in [0.29, 0.717) is 5.70 Å². The van der Waals surface area contributed by atoms with Crippen molar-refractivity contribution in [3.05, 3.63) is 144 Å². The summed E-state index contributed by atoms with van der Waals surface area (Å²) in [6, 6.07) is 36.3. The van der Waals surface area contributed by atoms with E-state index >= 15 is 0 Å². The van der Waals surface area contributed by atoms with Crippen molar-refractivity contribution in [2.45, 2.75) is 11.8 Å². The molecular weight excluding hydrogens is 426 g/mol. The Morgan fingerprint density at radius 3 is 1.76 bits per heavy atom. The van der Waals surface area contributed by atoms with E-state index in [9.17, 15) is 8.42 Å². The summed E-state index contributed by atoms with van der Waals surface area (Å²) in [7, 11) is -3.77. The minimum Gasteiger partial charge on any atom is -0.279 e. The highest BCUT2D eigenvalue weighted by Crippen LogP contribution is 2.25. The molecule has 4 aromatic rings. The Kier molecular flexibility index (Phi) is 6.86. The zero-order chi connectivity index (χ0) is 23.1. The van der Waals surface area contributed by atoms with E-state index in [2.05, 4.69) is 10.8 Å². The van der Waals surface area contributed by atoms with Crippen molar-refractivity contribution in [1.82, 2.24) is 4.72 Å². The molecule has 3 nitrogen and oxygen atoms in total. The first-order valence-electron chi connectivity index (χ1n) is 10.7. The van der Waals surface area contributed by atoms with Gasteiger partial charge in [-0.05, 0) is 53.5 Å². The smallest absolute Gasteiger partial charge is 0.261 e. The van der Waals surface area contributed by atoms with Gasteiger partial charge in [0.1, 0.15) is 0 Å².